The first-order chi connectivity index (χ1) is 13.9. The molecule has 1 spiro atoms. The van der Waals surface area contributed by atoms with Gasteiger partial charge in [0.05, 0.1) is 16.7 Å². The van der Waals surface area contributed by atoms with E-state index in [4.69, 9.17) is 0 Å². The Morgan fingerprint density at radius 2 is 1.86 bits per heavy atom. The largest absolute Gasteiger partial charge is 0.342 e. The average Bonchev–Trinajstić information content (AvgIpc) is 3.28. The Morgan fingerprint density at radius 1 is 1.14 bits per heavy atom. The zero-order valence-electron chi connectivity index (χ0n) is 17.9. The zero-order chi connectivity index (χ0) is 20.6. The molecule has 1 aromatic heterocycles. The highest BCUT2D eigenvalue weighted by atomic mass is 16.2. The highest BCUT2D eigenvalue weighted by Gasteiger charge is 2.51. The molecule has 3 aliphatic heterocycles. The number of likely N-dealkylation sites (tertiary alicyclic amines) is 2. The molecule has 3 aliphatic rings. The number of hydrogen-bond donors (Lipinski definition) is 0. The zero-order valence-corrected chi connectivity index (χ0v) is 17.9. The molecule has 3 saturated heterocycles. The molecule has 158 valence electrons. The minimum absolute atomic E-state index is 0.0500. The van der Waals surface area contributed by atoms with Gasteiger partial charge in [0, 0.05) is 58.6 Å². The van der Waals surface area contributed by atoms with E-state index in [0.29, 0.717) is 30.3 Å². The fraction of sp³-hybridized carbons (Fsp3) is 0.714. The maximum absolute atomic E-state index is 13.2. The van der Waals surface area contributed by atoms with Crippen molar-refractivity contribution in [3.8, 4) is 0 Å². The summed E-state index contributed by atoms with van der Waals surface area (Å²) in [6.07, 6.45) is 4.26. The minimum atomic E-state index is -0.376. The van der Waals surface area contributed by atoms with E-state index in [-0.39, 0.29) is 17.2 Å². The summed E-state index contributed by atoms with van der Waals surface area (Å²) in [6, 6.07) is 0. The van der Waals surface area contributed by atoms with Gasteiger partial charge in [0.25, 0.3) is 5.91 Å². The lowest BCUT2D eigenvalue weighted by Gasteiger charge is -2.32. The molecule has 2 amide bonds. The monoisotopic (exact) mass is 400 g/mol. The first-order valence-corrected chi connectivity index (χ1v) is 10.8. The molecule has 1 atom stereocenters. The van der Waals surface area contributed by atoms with Gasteiger partial charge in [-0.1, -0.05) is 6.92 Å². The van der Waals surface area contributed by atoms with Gasteiger partial charge in [-0.05, 0) is 33.2 Å². The van der Waals surface area contributed by atoms with Crippen LogP contribution in [0.1, 0.15) is 42.2 Å². The van der Waals surface area contributed by atoms with Gasteiger partial charge in [-0.25, -0.2) is 9.97 Å². The fourth-order valence-electron chi connectivity index (χ4n) is 4.79. The molecule has 4 rings (SSSR count). The minimum Gasteiger partial charge on any atom is -0.342 e. The summed E-state index contributed by atoms with van der Waals surface area (Å²) >= 11 is 0. The Morgan fingerprint density at radius 3 is 2.55 bits per heavy atom. The van der Waals surface area contributed by atoms with Crippen LogP contribution in [0, 0.1) is 12.3 Å². The van der Waals surface area contributed by atoms with Gasteiger partial charge < -0.3 is 19.6 Å². The number of aryl methyl sites for hydroxylation is 1. The lowest BCUT2D eigenvalue weighted by atomic mass is 9.85. The van der Waals surface area contributed by atoms with E-state index in [1.807, 2.05) is 16.7 Å². The molecule has 0 saturated carbocycles. The third-order valence-electron chi connectivity index (χ3n) is 6.72. The quantitative estimate of drug-likeness (QED) is 0.751. The van der Waals surface area contributed by atoms with E-state index in [1.54, 1.807) is 6.20 Å². The van der Waals surface area contributed by atoms with E-state index in [2.05, 4.69) is 33.7 Å². The van der Waals surface area contributed by atoms with Crippen molar-refractivity contribution in [3.05, 3.63) is 17.5 Å². The Balaban J connectivity index is 1.44. The molecule has 29 heavy (non-hydrogen) atoms. The molecular formula is C21H32N6O2. The number of carbonyl (C=O) groups is 2. The number of amides is 2. The smallest absolute Gasteiger partial charge is 0.257 e. The Labute approximate surface area is 172 Å². The van der Waals surface area contributed by atoms with Crippen LogP contribution in [-0.2, 0) is 4.79 Å². The molecule has 1 aromatic rings. The second kappa shape index (κ2) is 7.89. The summed E-state index contributed by atoms with van der Waals surface area (Å²) in [5.41, 5.74) is 0.889. The van der Waals surface area contributed by atoms with Gasteiger partial charge in [0.1, 0.15) is 0 Å². The van der Waals surface area contributed by atoms with E-state index in [1.165, 1.54) is 0 Å². The Bertz CT molecular complexity index is 791. The Hall–Kier alpha value is -2.22. The van der Waals surface area contributed by atoms with E-state index in [0.717, 1.165) is 58.5 Å². The van der Waals surface area contributed by atoms with Crippen molar-refractivity contribution in [2.75, 3.05) is 64.3 Å². The number of rotatable bonds is 4. The summed E-state index contributed by atoms with van der Waals surface area (Å²) in [5.74, 6) is 0.880. The van der Waals surface area contributed by atoms with Crippen LogP contribution in [0.3, 0.4) is 0 Å². The third kappa shape index (κ3) is 3.70. The molecule has 0 aromatic carbocycles. The van der Waals surface area contributed by atoms with E-state index < -0.39 is 0 Å². The van der Waals surface area contributed by atoms with Crippen LogP contribution >= 0.6 is 0 Å². The molecule has 1 unspecified atom stereocenters. The SMILES string of the molecule is CCCN1CCC2(CCN(C(=O)c3cnc(N4CCN(C)CC4)nc3C)C2)C1=O. The van der Waals surface area contributed by atoms with Gasteiger partial charge in [-0.3, -0.25) is 9.59 Å². The third-order valence-corrected chi connectivity index (χ3v) is 6.72. The predicted octanol–water partition coefficient (Wildman–Crippen LogP) is 1.01. The lowest BCUT2D eigenvalue weighted by Crippen LogP contribution is -2.45. The van der Waals surface area contributed by atoms with Crippen molar-refractivity contribution in [1.29, 1.82) is 0 Å². The predicted molar refractivity (Wildman–Crippen MR) is 111 cm³/mol. The number of likely N-dealkylation sites (N-methyl/N-ethyl adjacent to an activating group) is 1. The highest BCUT2D eigenvalue weighted by molar-refractivity contribution is 5.96. The van der Waals surface area contributed by atoms with Crippen LogP contribution in [-0.4, -0.2) is 95.9 Å². The van der Waals surface area contributed by atoms with Gasteiger partial charge >= 0.3 is 0 Å². The molecule has 8 heteroatoms. The summed E-state index contributed by atoms with van der Waals surface area (Å²) in [7, 11) is 2.12. The summed E-state index contributed by atoms with van der Waals surface area (Å²) in [5, 5.41) is 0. The first kappa shape index (κ1) is 20.1. The van der Waals surface area contributed by atoms with Crippen molar-refractivity contribution in [2.24, 2.45) is 5.41 Å². The van der Waals surface area contributed by atoms with E-state index in [9.17, 15) is 9.59 Å². The second-order valence-corrected chi connectivity index (χ2v) is 8.76. The number of hydrogen-bond acceptors (Lipinski definition) is 6. The van der Waals surface area contributed by atoms with Gasteiger partial charge in [0.2, 0.25) is 11.9 Å². The average molecular weight is 401 g/mol. The van der Waals surface area contributed by atoms with Gasteiger partial charge in [-0.15, -0.1) is 0 Å². The summed E-state index contributed by atoms with van der Waals surface area (Å²) in [4.78, 5) is 43.4. The van der Waals surface area contributed by atoms with Crippen molar-refractivity contribution in [3.63, 3.8) is 0 Å². The molecule has 4 heterocycles. The van der Waals surface area contributed by atoms with Crippen molar-refractivity contribution in [2.45, 2.75) is 33.1 Å². The van der Waals surface area contributed by atoms with E-state index >= 15 is 0 Å². The first-order valence-electron chi connectivity index (χ1n) is 10.8. The molecule has 8 nitrogen and oxygen atoms in total. The Kier molecular flexibility index (Phi) is 5.46. The molecule has 0 aliphatic carbocycles. The lowest BCUT2D eigenvalue weighted by molar-refractivity contribution is -0.135. The van der Waals surface area contributed by atoms with Crippen molar-refractivity contribution in [1.82, 2.24) is 24.7 Å². The maximum Gasteiger partial charge on any atom is 0.257 e. The molecule has 0 N–H and O–H groups in total. The van der Waals surface area contributed by atoms with Gasteiger partial charge in [-0.2, -0.15) is 0 Å². The molecule has 3 fully saturated rings. The topological polar surface area (TPSA) is 72.9 Å². The normalized spacial score (nSPS) is 25.5. The highest BCUT2D eigenvalue weighted by Crippen LogP contribution is 2.41. The maximum atomic E-state index is 13.2. The number of anilines is 1. The van der Waals surface area contributed by atoms with Crippen LogP contribution < -0.4 is 4.90 Å². The number of nitrogens with zero attached hydrogens (tertiary/aromatic N) is 6. The van der Waals surface area contributed by atoms with Crippen LogP contribution in [0.2, 0.25) is 0 Å². The number of piperazine rings is 1. The number of aromatic nitrogens is 2. The second-order valence-electron chi connectivity index (χ2n) is 8.76. The van der Waals surface area contributed by atoms with Crippen LogP contribution in [0.15, 0.2) is 6.20 Å². The van der Waals surface area contributed by atoms with Crippen LogP contribution in [0.5, 0.6) is 0 Å². The summed E-state index contributed by atoms with van der Waals surface area (Å²) < 4.78 is 0. The van der Waals surface area contributed by atoms with Gasteiger partial charge in [0.15, 0.2) is 0 Å². The fourth-order valence-corrected chi connectivity index (χ4v) is 4.79. The number of carbonyl (C=O) groups excluding carboxylic acids is 2. The van der Waals surface area contributed by atoms with Crippen LogP contribution in [0.25, 0.3) is 0 Å². The summed E-state index contributed by atoms with van der Waals surface area (Å²) in [6.45, 7) is 10.5. The standard InChI is InChI=1S/C21H32N6O2/c1-4-7-25-8-5-21(19(25)29)6-9-27(15-21)18(28)17-14-22-20(23-16(17)2)26-12-10-24(3)11-13-26/h14H,4-13,15H2,1-3H3. The molecule has 0 bridgehead atoms. The van der Waals surface area contributed by atoms with Crippen molar-refractivity contribution >= 4 is 17.8 Å². The van der Waals surface area contributed by atoms with Crippen LogP contribution in [0.4, 0.5) is 5.95 Å². The molecule has 0 radical (unpaired) electrons. The van der Waals surface area contributed by atoms with Crippen molar-refractivity contribution < 1.29 is 9.59 Å². The molecular weight excluding hydrogens is 368 g/mol.